The lowest BCUT2D eigenvalue weighted by Gasteiger charge is -2.11. The molecule has 1 aliphatic heterocycles. The van der Waals surface area contributed by atoms with Crippen LogP contribution < -0.4 is 19.5 Å². The van der Waals surface area contributed by atoms with E-state index in [1.54, 1.807) is 12.1 Å². The second-order valence-corrected chi connectivity index (χ2v) is 7.37. The van der Waals surface area contributed by atoms with Crippen molar-refractivity contribution in [1.29, 1.82) is 5.26 Å². The highest BCUT2D eigenvalue weighted by Gasteiger charge is 2.15. The zero-order valence-corrected chi connectivity index (χ0v) is 17.1. The summed E-state index contributed by atoms with van der Waals surface area (Å²) < 4.78 is 17.4. The highest BCUT2D eigenvalue weighted by Crippen LogP contribution is 2.33. The number of hydrogen-bond donors (Lipinski definition) is 1. The first-order chi connectivity index (χ1) is 13.5. The number of benzene rings is 2. The number of nitrogens with zero attached hydrogens (tertiary/aromatic N) is 1. The Morgan fingerprint density at radius 3 is 2.82 bits per heavy atom. The molecule has 0 saturated carbocycles. The van der Waals surface area contributed by atoms with E-state index >= 15 is 0 Å². The Balaban J connectivity index is 1.81. The summed E-state index contributed by atoms with van der Waals surface area (Å²) in [5, 5.41) is 12.1. The molecular formula is C21H19BrN2O4. The van der Waals surface area contributed by atoms with Gasteiger partial charge in [-0.25, -0.2) is 0 Å². The van der Waals surface area contributed by atoms with Crippen LogP contribution in [0.2, 0.25) is 0 Å². The summed E-state index contributed by atoms with van der Waals surface area (Å²) in [4.78, 5) is 12.2. The number of amides is 1. The molecule has 0 aliphatic carbocycles. The second-order valence-electron chi connectivity index (χ2n) is 6.46. The molecule has 28 heavy (non-hydrogen) atoms. The van der Waals surface area contributed by atoms with E-state index in [2.05, 4.69) is 21.2 Å². The SMILES string of the molecule is CC(C)NC(=O)/C(C#N)=C\c1cc(Br)ccc1OCc1ccc2c(c1)OCO2. The molecule has 0 spiro atoms. The molecule has 2 aromatic carbocycles. The maximum Gasteiger partial charge on any atom is 0.262 e. The van der Waals surface area contributed by atoms with Crippen LogP contribution in [0.15, 0.2) is 46.4 Å². The number of rotatable bonds is 6. The molecule has 7 heteroatoms. The zero-order chi connectivity index (χ0) is 20.1. The van der Waals surface area contributed by atoms with Crippen molar-refractivity contribution < 1.29 is 19.0 Å². The van der Waals surface area contributed by atoms with Crippen LogP contribution in [-0.4, -0.2) is 18.7 Å². The monoisotopic (exact) mass is 442 g/mol. The van der Waals surface area contributed by atoms with Crippen molar-refractivity contribution in [3.8, 4) is 23.3 Å². The van der Waals surface area contributed by atoms with Crippen LogP contribution in [0.25, 0.3) is 6.08 Å². The molecule has 1 heterocycles. The smallest absolute Gasteiger partial charge is 0.262 e. The average Bonchev–Trinajstić information content (AvgIpc) is 3.12. The molecule has 1 N–H and O–H groups in total. The molecule has 2 aromatic rings. The number of ether oxygens (including phenoxy) is 3. The lowest BCUT2D eigenvalue weighted by Crippen LogP contribution is -2.30. The van der Waals surface area contributed by atoms with Crippen LogP contribution in [0.3, 0.4) is 0 Å². The number of halogens is 1. The van der Waals surface area contributed by atoms with Gasteiger partial charge in [0.05, 0.1) is 0 Å². The molecular weight excluding hydrogens is 424 g/mol. The first-order valence-electron chi connectivity index (χ1n) is 8.70. The number of fused-ring (bicyclic) bond motifs is 1. The van der Waals surface area contributed by atoms with E-state index in [4.69, 9.17) is 14.2 Å². The molecule has 0 unspecified atom stereocenters. The Morgan fingerprint density at radius 1 is 1.29 bits per heavy atom. The first-order valence-corrected chi connectivity index (χ1v) is 9.49. The lowest BCUT2D eigenvalue weighted by molar-refractivity contribution is -0.117. The van der Waals surface area contributed by atoms with Gasteiger partial charge in [-0.3, -0.25) is 4.79 Å². The maximum atomic E-state index is 12.2. The summed E-state index contributed by atoms with van der Waals surface area (Å²) in [6.07, 6.45) is 1.53. The molecule has 1 amide bonds. The van der Waals surface area contributed by atoms with E-state index in [1.165, 1.54) is 6.08 Å². The molecule has 0 atom stereocenters. The van der Waals surface area contributed by atoms with Gasteiger partial charge in [-0.1, -0.05) is 22.0 Å². The molecule has 0 bridgehead atoms. The van der Waals surface area contributed by atoms with E-state index in [0.717, 1.165) is 10.0 Å². The third-order valence-corrected chi connectivity index (χ3v) is 4.38. The Bertz CT molecular complexity index is 963. The predicted molar refractivity (Wildman–Crippen MR) is 108 cm³/mol. The number of nitriles is 1. The quantitative estimate of drug-likeness (QED) is 0.535. The highest BCUT2D eigenvalue weighted by atomic mass is 79.9. The summed E-state index contributed by atoms with van der Waals surface area (Å²) in [5.74, 6) is 1.55. The van der Waals surface area contributed by atoms with Gasteiger partial charge in [0.15, 0.2) is 11.5 Å². The number of hydrogen-bond acceptors (Lipinski definition) is 5. The summed E-state index contributed by atoms with van der Waals surface area (Å²) in [7, 11) is 0. The minimum atomic E-state index is -0.417. The highest BCUT2D eigenvalue weighted by molar-refractivity contribution is 9.10. The fraction of sp³-hybridized carbons (Fsp3) is 0.238. The molecule has 0 aromatic heterocycles. The van der Waals surface area contributed by atoms with E-state index < -0.39 is 5.91 Å². The van der Waals surface area contributed by atoms with Gasteiger partial charge in [0.2, 0.25) is 6.79 Å². The molecule has 144 valence electrons. The van der Waals surface area contributed by atoms with Crippen molar-refractivity contribution in [1.82, 2.24) is 5.32 Å². The minimum absolute atomic E-state index is 0.0136. The van der Waals surface area contributed by atoms with Gasteiger partial charge in [0.1, 0.15) is 24.0 Å². The van der Waals surface area contributed by atoms with Crippen molar-refractivity contribution in [3.63, 3.8) is 0 Å². The predicted octanol–water partition coefficient (Wildman–Crippen LogP) is 4.19. The van der Waals surface area contributed by atoms with Crippen molar-refractivity contribution in [2.45, 2.75) is 26.5 Å². The number of carbonyl (C=O) groups is 1. The van der Waals surface area contributed by atoms with E-state index in [9.17, 15) is 10.1 Å². The molecule has 3 rings (SSSR count). The van der Waals surface area contributed by atoms with E-state index in [0.29, 0.717) is 29.4 Å². The van der Waals surface area contributed by atoms with Gasteiger partial charge in [0, 0.05) is 16.1 Å². The largest absolute Gasteiger partial charge is 0.488 e. The standard InChI is InChI=1S/C21H19BrN2O4/c1-13(2)24-21(25)16(10-23)8-15-9-17(22)4-6-18(15)26-11-14-3-5-19-20(7-14)28-12-27-19/h3-9,13H,11-12H2,1-2H3,(H,24,25)/b16-8-. The lowest BCUT2D eigenvalue weighted by atomic mass is 10.1. The van der Waals surface area contributed by atoms with Crippen molar-refractivity contribution in [3.05, 3.63) is 57.6 Å². The third kappa shape index (κ3) is 4.84. The van der Waals surface area contributed by atoms with Gasteiger partial charge in [-0.15, -0.1) is 0 Å². The van der Waals surface area contributed by atoms with Gasteiger partial charge in [0.25, 0.3) is 5.91 Å². The number of nitrogens with one attached hydrogen (secondary N) is 1. The Kier molecular flexibility index (Phi) is 6.22. The Hall–Kier alpha value is -2.98. The summed E-state index contributed by atoms with van der Waals surface area (Å²) in [6.45, 7) is 4.20. The topological polar surface area (TPSA) is 80.6 Å². The molecule has 0 fully saturated rings. The van der Waals surface area contributed by atoms with Crippen LogP contribution in [0.1, 0.15) is 25.0 Å². The van der Waals surface area contributed by atoms with Crippen LogP contribution in [-0.2, 0) is 11.4 Å². The first kappa shape index (κ1) is 19.8. The van der Waals surface area contributed by atoms with Crippen molar-refractivity contribution >= 4 is 27.9 Å². The summed E-state index contributed by atoms with van der Waals surface area (Å²) in [5.41, 5.74) is 1.56. The van der Waals surface area contributed by atoms with Crippen LogP contribution in [0, 0.1) is 11.3 Å². The fourth-order valence-corrected chi connectivity index (χ4v) is 2.98. The van der Waals surface area contributed by atoms with Gasteiger partial charge in [-0.05, 0) is 55.8 Å². The second kappa shape index (κ2) is 8.81. The van der Waals surface area contributed by atoms with E-state index in [1.807, 2.05) is 44.2 Å². The summed E-state index contributed by atoms with van der Waals surface area (Å²) >= 11 is 3.42. The van der Waals surface area contributed by atoms with Crippen LogP contribution in [0.4, 0.5) is 0 Å². The van der Waals surface area contributed by atoms with Crippen molar-refractivity contribution in [2.75, 3.05) is 6.79 Å². The molecule has 0 saturated heterocycles. The van der Waals surface area contributed by atoms with Gasteiger partial charge < -0.3 is 19.5 Å². The normalized spacial score (nSPS) is 12.6. The maximum absolute atomic E-state index is 12.2. The Labute approximate surface area is 171 Å². The molecule has 6 nitrogen and oxygen atoms in total. The van der Waals surface area contributed by atoms with Crippen molar-refractivity contribution in [2.24, 2.45) is 0 Å². The fourth-order valence-electron chi connectivity index (χ4n) is 2.60. The molecule has 0 radical (unpaired) electrons. The van der Waals surface area contributed by atoms with Gasteiger partial charge in [-0.2, -0.15) is 5.26 Å². The Morgan fingerprint density at radius 2 is 2.07 bits per heavy atom. The molecule has 1 aliphatic rings. The summed E-state index contributed by atoms with van der Waals surface area (Å²) in [6, 6.07) is 12.9. The van der Waals surface area contributed by atoms with Crippen LogP contribution >= 0.6 is 15.9 Å². The van der Waals surface area contributed by atoms with Crippen LogP contribution in [0.5, 0.6) is 17.2 Å². The van der Waals surface area contributed by atoms with E-state index in [-0.39, 0.29) is 18.4 Å². The minimum Gasteiger partial charge on any atom is -0.488 e. The van der Waals surface area contributed by atoms with Gasteiger partial charge >= 0.3 is 0 Å². The number of carbonyl (C=O) groups excluding carboxylic acids is 1. The third-order valence-electron chi connectivity index (χ3n) is 3.89. The zero-order valence-electron chi connectivity index (χ0n) is 15.5. The average molecular weight is 443 g/mol.